The van der Waals surface area contributed by atoms with Gasteiger partial charge >= 0.3 is 11.8 Å². The third-order valence-electron chi connectivity index (χ3n) is 3.18. The Morgan fingerprint density at radius 3 is 1.46 bits per heavy atom. The highest BCUT2D eigenvalue weighted by molar-refractivity contribution is 7.91. The van der Waals surface area contributed by atoms with Crippen molar-refractivity contribution in [3.05, 3.63) is 54.1 Å². The molecule has 2 aromatic rings. The molecule has 138 valence electrons. The Balaban J connectivity index is 2.13. The maximum atomic E-state index is 12.1. The maximum Gasteiger partial charge on any atom is 0.324 e. The molecule has 0 unspecified atom stereocenters. The zero-order chi connectivity index (χ0) is 19.5. The molecule has 0 saturated heterocycles. The van der Waals surface area contributed by atoms with Crippen LogP contribution in [0.5, 0.6) is 0 Å². The van der Waals surface area contributed by atoms with Crippen LogP contribution in [-0.2, 0) is 29.6 Å². The van der Waals surface area contributed by atoms with Gasteiger partial charge < -0.3 is 5.73 Å². The summed E-state index contributed by atoms with van der Waals surface area (Å²) in [5.74, 6) is -3.28. The lowest BCUT2D eigenvalue weighted by Crippen LogP contribution is -2.44. The Bertz CT molecular complexity index is 956. The summed E-state index contributed by atoms with van der Waals surface area (Å²) in [6.07, 6.45) is 0. The Hall–Kier alpha value is -2.92. The van der Waals surface area contributed by atoms with Gasteiger partial charge in [-0.1, -0.05) is 17.7 Å². The summed E-state index contributed by atoms with van der Waals surface area (Å²) < 4.78 is 51.2. The number of carbonyl (C=O) groups is 2. The van der Waals surface area contributed by atoms with E-state index in [2.05, 4.69) is 0 Å². The lowest BCUT2D eigenvalue weighted by atomic mass is 10.2. The number of rotatable bonds is 4. The van der Waals surface area contributed by atoms with Gasteiger partial charge in [-0.25, -0.2) is 26.3 Å². The van der Waals surface area contributed by atoms with Crippen molar-refractivity contribution in [3.63, 3.8) is 0 Å². The van der Waals surface area contributed by atoms with Gasteiger partial charge in [0.25, 0.3) is 20.0 Å². The fraction of sp³-hybridized carbons (Fsp3) is 0.0667. The first-order chi connectivity index (χ1) is 12.0. The van der Waals surface area contributed by atoms with Gasteiger partial charge in [0.2, 0.25) is 0 Å². The zero-order valence-electron chi connectivity index (χ0n) is 13.5. The van der Waals surface area contributed by atoms with Crippen LogP contribution in [0.15, 0.2) is 58.3 Å². The molecule has 0 aliphatic rings. The zero-order valence-corrected chi connectivity index (χ0v) is 15.1. The minimum atomic E-state index is -4.36. The molecule has 0 aliphatic heterocycles. The van der Waals surface area contributed by atoms with Crippen molar-refractivity contribution in [3.8, 4) is 0 Å². The quantitative estimate of drug-likeness (QED) is 0.480. The van der Waals surface area contributed by atoms with E-state index >= 15 is 0 Å². The Morgan fingerprint density at radius 1 is 0.731 bits per heavy atom. The highest BCUT2D eigenvalue weighted by Gasteiger charge is 2.26. The van der Waals surface area contributed by atoms with Crippen molar-refractivity contribution in [2.75, 3.05) is 5.73 Å². The highest BCUT2D eigenvalue weighted by atomic mass is 32.2. The van der Waals surface area contributed by atoms with Crippen LogP contribution in [0.4, 0.5) is 5.69 Å². The predicted molar refractivity (Wildman–Crippen MR) is 92.7 cm³/mol. The van der Waals surface area contributed by atoms with E-state index in [9.17, 15) is 26.4 Å². The van der Waals surface area contributed by atoms with E-state index in [1.807, 2.05) is 0 Å². The largest absolute Gasteiger partial charge is 0.399 e. The van der Waals surface area contributed by atoms with Gasteiger partial charge in [0.05, 0.1) is 9.79 Å². The molecule has 0 atom stereocenters. The van der Waals surface area contributed by atoms with E-state index in [0.717, 1.165) is 17.7 Å². The summed E-state index contributed by atoms with van der Waals surface area (Å²) in [6.45, 7) is 1.74. The molecular weight excluding hydrogens is 382 g/mol. The van der Waals surface area contributed by atoms with Crippen molar-refractivity contribution in [1.29, 1.82) is 0 Å². The highest BCUT2D eigenvalue weighted by Crippen LogP contribution is 2.12. The molecule has 0 saturated carbocycles. The molecule has 9 nitrogen and oxygen atoms in total. The van der Waals surface area contributed by atoms with Crippen LogP contribution in [-0.4, -0.2) is 28.6 Å². The number of hydrogen-bond acceptors (Lipinski definition) is 7. The van der Waals surface area contributed by atoms with Gasteiger partial charge in [-0.15, -0.1) is 0 Å². The second-order valence-corrected chi connectivity index (χ2v) is 8.62. The second kappa shape index (κ2) is 7.14. The average molecular weight is 397 g/mol. The number of amides is 2. The lowest BCUT2D eigenvalue weighted by molar-refractivity contribution is -0.137. The maximum absolute atomic E-state index is 12.1. The summed E-state index contributed by atoms with van der Waals surface area (Å²) in [5, 5.41) is 0. The first-order valence-corrected chi connectivity index (χ1v) is 10.0. The SMILES string of the molecule is Cc1ccc(S(=O)(=O)NC(=O)C(=O)NS(=O)(=O)c2ccc(N)cc2)cc1. The number of anilines is 1. The van der Waals surface area contributed by atoms with Crippen molar-refractivity contribution in [2.24, 2.45) is 0 Å². The number of benzene rings is 2. The predicted octanol–water partition coefficient (Wildman–Crippen LogP) is -0.113. The van der Waals surface area contributed by atoms with Crippen LogP contribution in [0.3, 0.4) is 0 Å². The van der Waals surface area contributed by atoms with Crippen molar-refractivity contribution >= 4 is 37.5 Å². The molecule has 0 aliphatic carbocycles. The summed E-state index contributed by atoms with van der Waals surface area (Å²) in [5.41, 5.74) is 6.54. The van der Waals surface area contributed by atoms with Crippen LogP contribution in [0, 0.1) is 6.92 Å². The number of sulfonamides is 2. The van der Waals surface area contributed by atoms with Crippen LogP contribution in [0.2, 0.25) is 0 Å². The first-order valence-electron chi connectivity index (χ1n) is 7.07. The van der Waals surface area contributed by atoms with Crippen molar-refractivity contribution < 1.29 is 26.4 Å². The van der Waals surface area contributed by atoms with Gasteiger partial charge in [-0.3, -0.25) is 9.59 Å². The minimum Gasteiger partial charge on any atom is -0.399 e. The van der Waals surface area contributed by atoms with Crippen LogP contribution >= 0.6 is 0 Å². The van der Waals surface area contributed by atoms with Gasteiger partial charge in [0, 0.05) is 5.69 Å². The molecule has 0 fully saturated rings. The Morgan fingerprint density at radius 2 is 1.08 bits per heavy atom. The lowest BCUT2D eigenvalue weighted by Gasteiger charge is -2.09. The number of hydrogen-bond donors (Lipinski definition) is 3. The molecule has 0 radical (unpaired) electrons. The number of nitrogen functional groups attached to an aromatic ring is 1. The monoisotopic (exact) mass is 397 g/mol. The van der Waals surface area contributed by atoms with E-state index < -0.39 is 31.9 Å². The molecule has 2 rings (SSSR count). The normalized spacial score (nSPS) is 11.6. The van der Waals surface area contributed by atoms with Gasteiger partial charge in [-0.2, -0.15) is 0 Å². The average Bonchev–Trinajstić information content (AvgIpc) is 2.54. The van der Waals surface area contributed by atoms with Crippen LogP contribution in [0.1, 0.15) is 5.56 Å². The standard InChI is InChI=1S/C15H15N3O6S2/c1-10-2-6-12(7-3-10)25(21,22)17-14(19)15(20)18-26(23,24)13-8-4-11(16)5-9-13/h2-9H,16H2,1H3,(H,17,19)(H,18,20). The van der Waals surface area contributed by atoms with E-state index in [-0.39, 0.29) is 9.79 Å². The molecule has 11 heteroatoms. The van der Waals surface area contributed by atoms with Gasteiger partial charge in [0.15, 0.2) is 0 Å². The van der Waals surface area contributed by atoms with Crippen molar-refractivity contribution in [1.82, 2.24) is 9.44 Å². The van der Waals surface area contributed by atoms with Gasteiger partial charge in [-0.05, 0) is 43.3 Å². The molecule has 0 aromatic heterocycles. The molecule has 0 bridgehead atoms. The Kier molecular flexibility index (Phi) is 5.33. The molecule has 2 aromatic carbocycles. The summed E-state index contributed by atoms with van der Waals surface area (Å²) in [6, 6.07) is 10.3. The third kappa shape index (κ3) is 4.58. The van der Waals surface area contributed by atoms with Gasteiger partial charge in [0.1, 0.15) is 0 Å². The minimum absolute atomic E-state index is 0.245. The number of carbonyl (C=O) groups excluding carboxylic acids is 2. The van der Waals surface area contributed by atoms with Crippen LogP contribution < -0.4 is 15.2 Å². The summed E-state index contributed by atoms with van der Waals surface area (Å²) in [7, 11) is -8.68. The fourth-order valence-corrected chi connectivity index (χ4v) is 3.72. The topological polar surface area (TPSA) is 152 Å². The molecule has 2 amide bonds. The second-order valence-electron chi connectivity index (χ2n) is 5.25. The Labute approximate surface area is 150 Å². The van der Waals surface area contributed by atoms with E-state index in [4.69, 9.17) is 5.73 Å². The molecule has 4 N–H and O–H groups in total. The summed E-state index contributed by atoms with van der Waals surface area (Å²) >= 11 is 0. The molecular formula is C15H15N3O6S2. The van der Waals surface area contributed by atoms with E-state index in [1.165, 1.54) is 45.8 Å². The van der Waals surface area contributed by atoms with E-state index in [1.54, 1.807) is 6.92 Å². The first kappa shape index (κ1) is 19.4. The van der Waals surface area contributed by atoms with Crippen molar-refractivity contribution in [2.45, 2.75) is 16.7 Å². The third-order valence-corrected chi connectivity index (χ3v) is 5.88. The number of aryl methyl sites for hydroxylation is 1. The molecule has 26 heavy (non-hydrogen) atoms. The van der Waals surface area contributed by atoms with Crippen LogP contribution in [0.25, 0.3) is 0 Å². The molecule has 0 spiro atoms. The smallest absolute Gasteiger partial charge is 0.324 e. The molecule has 0 heterocycles. The summed E-state index contributed by atoms with van der Waals surface area (Å²) in [4.78, 5) is 23.0. The fourth-order valence-electron chi connectivity index (χ4n) is 1.82. The number of nitrogens with one attached hydrogen (secondary N) is 2. The number of nitrogens with two attached hydrogens (primary N) is 1. The van der Waals surface area contributed by atoms with E-state index in [0.29, 0.717) is 5.69 Å².